The average Bonchev–Trinajstić information content (AvgIpc) is 2.93. The van der Waals surface area contributed by atoms with Crippen LogP contribution in [0.5, 0.6) is 0 Å². The molecule has 1 amide bonds. The van der Waals surface area contributed by atoms with E-state index in [0.717, 1.165) is 49.7 Å². The fourth-order valence-electron chi connectivity index (χ4n) is 4.51. The molecule has 1 aliphatic heterocycles. The van der Waals surface area contributed by atoms with E-state index in [1.807, 2.05) is 42.5 Å². The van der Waals surface area contributed by atoms with Gasteiger partial charge >= 0.3 is 0 Å². The first kappa shape index (κ1) is 27.4. The molecule has 5 rings (SSSR count). The number of hydrogen-bond donors (Lipinski definition) is 2. The number of anilines is 1. The topological polar surface area (TPSA) is 86.3 Å². The lowest BCUT2D eigenvalue weighted by Gasteiger charge is -2.32. The van der Waals surface area contributed by atoms with Gasteiger partial charge in [-0.15, -0.1) is 12.4 Å². The molecule has 0 spiro atoms. The number of rotatable bonds is 7. The number of nitrogens with zero attached hydrogens (tertiary/aromatic N) is 5. The molecule has 2 N–H and O–H groups in total. The summed E-state index contributed by atoms with van der Waals surface area (Å²) in [7, 11) is 2.16. The maximum absolute atomic E-state index is 12.9. The molecule has 0 bridgehead atoms. The smallest absolute Gasteiger partial charge is 0.255 e. The summed E-state index contributed by atoms with van der Waals surface area (Å²) in [6.45, 7) is 7.38. The Hall–Kier alpha value is -3.59. The van der Waals surface area contributed by atoms with Gasteiger partial charge in [0.2, 0.25) is 5.95 Å². The van der Waals surface area contributed by atoms with Crippen LogP contribution in [0.4, 0.5) is 5.95 Å². The third-order valence-corrected chi connectivity index (χ3v) is 6.89. The van der Waals surface area contributed by atoms with E-state index in [1.54, 1.807) is 18.6 Å². The first-order chi connectivity index (χ1) is 18.0. The first-order valence-corrected chi connectivity index (χ1v) is 12.7. The second kappa shape index (κ2) is 12.8. The summed E-state index contributed by atoms with van der Waals surface area (Å²) in [4.78, 5) is 31.0. The van der Waals surface area contributed by atoms with E-state index >= 15 is 0 Å². The Balaban J connectivity index is 0.00000336. The van der Waals surface area contributed by atoms with Gasteiger partial charge in [0.05, 0.1) is 11.7 Å². The van der Waals surface area contributed by atoms with Crippen molar-refractivity contribution < 1.29 is 4.79 Å². The Labute approximate surface area is 230 Å². The molecule has 2 aliphatic rings. The molecule has 2 atom stereocenters. The molecule has 2 aromatic heterocycles. The summed E-state index contributed by atoms with van der Waals surface area (Å²) in [5, 5.41) is 6.45. The zero-order valence-corrected chi connectivity index (χ0v) is 22.6. The quantitative estimate of drug-likeness (QED) is 0.477. The van der Waals surface area contributed by atoms with Gasteiger partial charge in [-0.1, -0.05) is 25.1 Å². The van der Waals surface area contributed by atoms with Crippen molar-refractivity contribution in [3.8, 4) is 11.3 Å². The first-order valence-electron chi connectivity index (χ1n) is 12.7. The Kier molecular flexibility index (Phi) is 9.23. The molecule has 1 aliphatic carbocycles. The molecule has 9 heteroatoms. The minimum absolute atomic E-state index is 0. The molecule has 3 heterocycles. The van der Waals surface area contributed by atoms with Crippen LogP contribution in [0, 0.1) is 5.92 Å². The van der Waals surface area contributed by atoms with E-state index in [-0.39, 0.29) is 30.3 Å². The van der Waals surface area contributed by atoms with E-state index < -0.39 is 0 Å². The zero-order valence-electron chi connectivity index (χ0n) is 21.7. The lowest BCUT2D eigenvalue weighted by molar-refractivity contribution is 0.0966. The van der Waals surface area contributed by atoms with E-state index in [9.17, 15) is 4.79 Å². The van der Waals surface area contributed by atoms with Crippen molar-refractivity contribution in [3.63, 3.8) is 0 Å². The van der Waals surface area contributed by atoms with Crippen LogP contribution >= 0.6 is 12.4 Å². The van der Waals surface area contributed by atoms with Crippen LogP contribution in [0.2, 0.25) is 0 Å². The number of likely N-dealkylation sites (N-methyl/N-ethyl adjacent to an activating group) is 1. The highest BCUT2D eigenvalue weighted by Gasteiger charge is 2.20. The predicted octanol–water partition coefficient (Wildman–Crippen LogP) is 4.01. The maximum Gasteiger partial charge on any atom is 0.255 e. The third kappa shape index (κ3) is 7.04. The zero-order chi connectivity index (χ0) is 25.6. The van der Waals surface area contributed by atoms with Crippen LogP contribution < -0.4 is 10.6 Å². The van der Waals surface area contributed by atoms with Crippen molar-refractivity contribution in [2.45, 2.75) is 19.5 Å². The van der Waals surface area contributed by atoms with Crippen molar-refractivity contribution in [1.82, 2.24) is 30.1 Å². The highest BCUT2D eigenvalue weighted by atomic mass is 35.5. The second-order valence-electron chi connectivity index (χ2n) is 9.75. The summed E-state index contributed by atoms with van der Waals surface area (Å²) in [5.74, 6) is 0.622. The van der Waals surface area contributed by atoms with Gasteiger partial charge in [0.25, 0.3) is 5.91 Å². The summed E-state index contributed by atoms with van der Waals surface area (Å²) in [5.41, 5.74) is 4.36. The number of aromatic nitrogens is 3. The van der Waals surface area contributed by atoms with Crippen molar-refractivity contribution in [2.75, 3.05) is 38.5 Å². The normalized spacial score (nSPS) is 19.8. The van der Waals surface area contributed by atoms with E-state index in [1.165, 1.54) is 5.56 Å². The highest BCUT2D eigenvalue weighted by molar-refractivity contribution is 5.95. The number of benzene rings is 1. The third-order valence-electron chi connectivity index (χ3n) is 6.89. The fourth-order valence-corrected chi connectivity index (χ4v) is 4.51. The minimum atomic E-state index is -0.120. The van der Waals surface area contributed by atoms with E-state index in [4.69, 9.17) is 0 Å². The molecule has 198 valence electrons. The van der Waals surface area contributed by atoms with Gasteiger partial charge in [0, 0.05) is 68.1 Å². The number of hydrogen-bond acceptors (Lipinski definition) is 7. The Morgan fingerprint density at radius 3 is 2.58 bits per heavy atom. The molecule has 1 saturated heterocycles. The number of pyridine rings is 1. The Bertz CT molecular complexity index is 1270. The van der Waals surface area contributed by atoms with Gasteiger partial charge in [-0.05, 0) is 61.0 Å². The highest BCUT2D eigenvalue weighted by Crippen LogP contribution is 2.21. The van der Waals surface area contributed by atoms with Gasteiger partial charge < -0.3 is 15.5 Å². The van der Waals surface area contributed by atoms with Crippen LogP contribution in [-0.2, 0) is 6.54 Å². The second-order valence-corrected chi connectivity index (χ2v) is 9.75. The van der Waals surface area contributed by atoms with Crippen LogP contribution in [0.25, 0.3) is 11.3 Å². The molecular weight excluding hydrogens is 497 g/mol. The van der Waals surface area contributed by atoms with Crippen LogP contribution in [-0.4, -0.2) is 69.9 Å². The number of halogens is 1. The van der Waals surface area contributed by atoms with E-state index in [2.05, 4.69) is 67.6 Å². The molecule has 3 aromatic rings. The van der Waals surface area contributed by atoms with Crippen molar-refractivity contribution in [1.29, 1.82) is 0 Å². The van der Waals surface area contributed by atoms with Gasteiger partial charge in [-0.25, -0.2) is 9.97 Å². The molecule has 1 aromatic carbocycles. The molecule has 2 unspecified atom stereocenters. The molecule has 38 heavy (non-hydrogen) atoms. The van der Waals surface area contributed by atoms with Gasteiger partial charge in [-0.3, -0.25) is 14.7 Å². The standard InChI is InChI=1S/C29H33N7O.ClH/c1-21-5-10-25(18-27(21)34-29-31-13-11-26(33-29)24-4-3-12-30-19-24)32-28(37)23-8-6-22(7-9-23)20-36-16-14-35(2)15-17-36;/h3-13,18-19,21,27H,14-17,20H2,1-2H3,(H,32,37)(H,31,33,34);1H/i2-1;. The molecule has 1 fully saturated rings. The predicted molar refractivity (Wildman–Crippen MR) is 153 cm³/mol. The number of nitrogens with one attached hydrogen (secondary N) is 2. The van der Waals surface area contributed by atoms with Gasteiger partial charge in [0.1, 0.15) is 0 Å². The molecule has 0 radical (unpaired) electrons. The van der Waals surface area contributed by atoms with Crippen LogP contribution in [0.1, 0.15) is 22.8 Å². The minimum Gasteiger partial charge on any atom is -0.347 e. The van der Waals surface area contributed by atoms with Crippen molar-refractivity contribution >= 4 is 24.3 Å². The Morgan fingerprint density at radius 1 is 1.05 bits per heavy atom. The Morgan fingerprint density at radius 2 is 1.84 bits per heavy atom. The van der Waals surface area contributed by atoms with Gasteiger partial charge in [0.15, 0.2) is 0 Å². The monoisotopic (exact) mass is 530 g/mol. The van der Waals surface area contributed by atoms with E-state index in [0.29, 0.717) is 11.5 Å². The van der Waals surface area contributed by atoms with Gasteiger partial charge in [-0.2, -0.15) is 0 Å². The average molecular weight is 531 g/mol. The number of carbonyl (C=O) groups is 1. The van der Waals surface area contributed by atoms with Crippen molar-refractivity contribution in [3.05, 3.63) is 96.1 Å². The number of carbonyl (C=O) groups excluding carboxylic acids is 1. The number of allylic oxidation sites excluding steroid dienone is 1. The summed E-state index contributed by atoms with van der Waals surface area (Å²) in [6, 6.07) is 13.6. The largest absolute Gasteiger partial charge is 0.347 e. The lowest BCUT2D eigenvalue weighted by atomic mass is 9.95. The summed E-state index contributed by atoms with van der Waals surface area (Å²) in [6.07, 6.45) is 11.3. The van der Waals surface area contributed by atoms with Crippen molar-refractivity contribution in [2.24, 2.45) is 5.92 Å². The van der Waals surface area contributed by atoms with Crippen LogP contribution in [0.3, 0.4) is 0 Å². The fraction of sp³-hybridized carbons (Fsp3) is 0.310. The number of piperazine rings is 1. The SMILES string of the molecule is CC1C=CC(NC(=O)c2ccc(CN3CCN([11CH3])CC3)cc2)=CC1Nc1nccc(-c2cccnc2)n1.Cl. The molecule has 8 nitrogen and oxygen atoms in total. The van der Waals surface area contributed by atoms with Crippen LogP contribution in [0.15, 0.2) is 85.0 Å². The summed E-state index contributed by atoms with van der Waals surface area (Å²) >= 11 is 0. The molecular formula is C29H34ClN7O. The lowest BCUT2D eigenvalue weighted by Crippen LogP contribution is -2.43. The number of amides is 1. The molecule has 0 saturated carbocycles. The summed E-state index contributed by atoms with van der Waals surface area (Å²) < 4.78 is 0. The maximum atomic E-state index is 12.9.